The van der Waals surface area contributed by atoms with Crippen LogP contribution < -0.4 is 5.32 Å². The van der Waals surface area contributed by atoms with Gasteiger partial charge in [-0.05, 0) is 24.5 Å². The van der Waals surface area contributed by atoms with Crippen LogP contribution in [0.25, 0.3) is 6.08 Å². The highest BCUT2D eigenvalue weighted by Gasteiger charge is 2.25. The van der Waals surface area contributed by atoms with Crippen molar-refractivity contribution >= 4 is 23.6 Å². The number of nitrogens with one attached hydrogen (secondary N) is 2. The van der Waals surface area contributed by atoms with Crippen LogP contribution in [-0.4, -0.2) is 21.9 Å². The van der Waals surface area contributed by atoms with Gasteiger partial charge in [0, 0.05) is 17.7 Å². The third-order valence-corrected chi connectivity index (χ3v) is 3.31. The molecule has 0 spiro atoms. The molecular weight excluding hydrogens is 266 g/mol. The van der Waals surface area contributed by atoms with Crippen LogP contribution in [0.15, 0.2) is 42.5 Å². The lowest BCUT2D eigenvalue weighted by Gasteiger charge is -1.97. The van der Waals surface area contributed by atoms with Gasteiger partial charge in [-0.3, -0.25) is 14.7 Å². The highest BCUT2D eigenvalue weighted by molar-refractivity contribution is 6.45. The van der Waals surface area contributed by atoms with Gasteiger partial charge < -0.3 is 5.32 Å². The average molecular weight is 281 g/mol. The van der Waals surface area contributed by atoms with E-state index in [9.17, 15) is 9.59 Å². The Kier molecular flexibility index (Phi) is 3.64. The predicted octanol–water partition coefficient (Wildman–Crippen LogP) is 2.51. The Balaban J connectivity index is 1.59. The van der Waals surface area contributed by atoms with Crippen molar-refractivity contribution in [2.24, 2.45) is 0 Å². The lowest BCUT2D eigenvalue weighted by molar-refractivity contribution is -0.131. The Hall–Kier alpha value is -2.69. The number of aromatic nitrogens is 2. The Morgan fingerprint density at radius 2 is 2.00 bits per heavy atom. The van der Waals surface area contributed by atoms with Gasteiger partial charge in [0.2, 0.25) is 5.78 Å². The Bertz CT molecular complexity index is 685. The van der Waals surface area contributed by atoms with Crippen molar-refractivity contribution in [1.82, 2.24) is 10.2 Å². The van der Waals surface area contributed by atoms with E-state index in [1.165, 1.54) is 6.08 Å². The number of H-pyrrole nitrogens is 1. The van der Waals surface area contributed by atoms with Gasteiger partial charge in [-0.1, -0.05) is 36.4 Å². The molecular formula is C16H15N3O2. The van der Waals surface area contributed by atoms with Crippen LogP contribution in [0.4, 0.5) is 5.82 Å². The van der Waals surface area contributed by atoms with Crippen molar-refractivity contribution in [1.29, 1.82) is 0 Å². The van der Waals surface area contributed by atoms with Crippen molar-refractivity contribution in [2.75, 3.05) is 5.32 Å². The molecule has 1 aromatic heterocycles. The third kappa shape index (κ3) is 3.45. The number of ketones is 1. The molecule has 0 atom stereocenters. The fourth-order valence-electron chi connectivity index (χ4n) is 1.99. The number of hydrogen-bond donors (Lipinski definition) is 2. The monoisotopic (exact) mass is 281 g/mol. The minimum Gasteiger partial charge on any atom is -0.302 e. The van der Waals surface area contributed by atoms with Crippen LogP contribution in [0.3, 0.4) is 0 Å². The van der Waals surface area contributed by atoms with E-state index in [0.717, 1.165) is 24.1 Å². The van der Waals surface area contributed by atoms with Crippen molar-refractivity contribution in [3.8, 4) is 0 Å². The summed E-state index contributed by atoms with van der Waals surface area (Å²) in [5.41, 5.74) is 1.88. The Morgan fingerprint density at radius 3 is 2.71 bits per heavy atom. The molecule has 3 rings (SSSR count). The molecule has 0 radical (unpaired) electrons. The summed E-state index contributed by atoms with van der Waals surface area (Å²) in [5.74, 6) is -0.369. The van der Waals surface area contributed by atoms with Gasteiger partial charge in [-0.25, -0.2) is 0 Å². The first kappa shape index (κ1) is 13.3. The quantitative estimate of drug-likeness (QED) is 0.653. The summed E-state index contributed by atoms with van der Waals surface area (Å²) in [6.45, 7) is 0. The number of carbonyl (C=O) groups excluding carboxylic acids is 2. The summed E-state index contributed by atoms with van der Waals surface area (Å²) in [4.78, 5) is 23.5. The minimum atomic E-state index is -0.684. The Morgan fingerprint density at radius 1 is 1.24 bits per heavy atom. The van der Waals surface area contributed by atoms with Gasteiger partial charge >= 0.3 is 0 Å². The molecule has 0 bridgehead atoms. The Labute approximate surface area is 122 Å². The summed E-state index contributed by atoms with van der Waals surface area (Å²) in [7, 11) is 0. The van der Waals surface area contributed by atoms with Crippen LogP contribution in [0.5, 0.6) is 0 Å². The van der Waals surface area contributed by atoms with E-state index < -0.39 is 11.7 Å². The molecule has 1 heterocycles. The van der Waals surface area contributed by atoms with E-state index in [1.54, 1.807) is 12.1 Å². The molecule has 5 nitrogen and oxygen atoms in total. The fraction of sp³-hybridized carbons (Fsp3) is 0.188. The number of anilines is 1. The molecule has 2 N–H and O–H groups in total. The van der Waals surface area contributed by atoms with E-state index in [4.69, 9.17) is 0 Å². The molecule has 0 saturated heterocycles. The van der Waals surface area contributed by atoms with Crippen molar-refractivity contribution in [3.05, 3.63) is 53.7 Å². The number of rotatable bonds is 5. The first-order valence-corrected chi connectivity index (χ1v) is 6.86. The topological polar surface area (TPSA) is 74.8 Å². The zero-order valence-corrected chi connectivity index (χ0v) is 11.4. The number of carbonyl (C=O) groups is 2. The number of aromatic amines is 1. The van der Waals surface area contributed by atoms with Gasteiger partial charge in [0.15, 0.2) is 5.82 Å². The zero-order chi connectivity index (χ0) is 14.7. The number of benzene rings is 1. The molecule has 1 aliphatic carbocycles. The van der Waals surface area contributed by atoms with Crippen molar-refractivity contribution in [3.63, 3.8) is 0 Å². The summed E-state index contributed by atoms with van der Waals surface area (Å²) in [5, 5.41) is 9.36. The molecule has 1 aromatic carbocycles. The minimum absolute atomic E-state index is 0.392. The summed E-state index contributed by atoms with van der Waals surface area (Å²) in [6, 6.07) is 11.1. The zero-order valence-electron chi connectivity index (χ0n) is 11.4. The predicted molar refractivity (Wildman–Crippen MR) is 79.7 cm³/mol. The maximum absolute atomic E-state index is 11.8. The van der Waals surface area contributed by atoms with E-state index in [-0.39, 0.29) is 0 Å². The highest BCUT2D eigenvalue weighted by Crippen LogP contribution is 2.39. The van der Waals surface area contributed by atoms with Gasteiger partial charge in [0.25, 0.3) is 5.91 Å². The van der Waals surface area contributed by atoms with Crippen molar-refractivity contribution in [2.45, 2.75) is 18.8 Å². The molecule has 1 fully saturated rings. The van der Waals surface area contributed by atoms with Crippen molar-refractivity contribution < 1.29 is 9.59 Å². The summed E-state index contributed by atoms with van der Waals surface area (Å²) in [6.07, 6.45) is 5.17. The van der Waals surface area contributed by atoms with Crippen LogP contribution >= 0.6 is 0 Å². The number of amides is 1. The van der Waals surface area contributed by atoms with Crippen LogP contribution in [0.1, 0.15) is 30.0 Å². The van der Waals surface area contributed by atoms with Gasteiger partial charge in [0.05, 0.1) is 0 Å². The smallest absolute Gasteiger partial charge is 0.297 e. The van der Waals surface area contributed by atoms with E-state index in [1.807, 2.05) is 30.3 Å². The molecule has 21 heavy (non-hydrogen) atoms. The number of hydrogen-bond acceptors (Lipinski definition) is 3. The van der Waals surface area contributed by atoms with Crippen LogP contribution in [-0.2, 0) is 9.59 Å². The standard InChI is InChI=1S/C16H15N3O2/c20-14(9-6-11-4-2-1-3-5-11)16(21)17-15-10-13(18-19-15)12-7-8-12/h1-6,9-10,12H,7-8H2,(H2,17,18,19,21)/b9-6+. The maximum atomic E-state index is 11.8. The van der Waals surface area contributed by atoms with E-state index in [2.05, 4.69) is 15.5 Å². The lowest BCUT2D eigenvalue weighted by atomic mass is 10.2. The molecule has 5 heteroatoms. The second-order valence-electron chi connectivity index (χ2n) is 5.05. The second kappa shape index (κ2) is 5.75. The van der Waals surface area contributed by atoms with Gasteiger partial charge in [-0.15, -0.1) is 0 Å². The largest absolute Gasteiger partial charge is 0.302 e. The highest BCUT2D eigenvalue weighted by atomic mass is 16.2. The first-order chi connectivity index (χ1) is 10.2. The lowest BCUT2D eigenvalue weighted by Crippen LogP contribution is -2.20. The third-order valence-electron chi connectivity index (χ3n) is 3.31. The molecule has 1 amide bonds. The van der Waals surface area contributed by atoms with E-state index in [0.29, 0.717) is 11.7 Å². The van der Waals surface area contributed by atoms with Crippen LogP contribution in [0, 0.1) is 0 Å². The van der Waals surface area contributed by atoms with Gasteiger partial charge in [0.1, 0.15) is 0 Å². The summed E-state index contributed by atoms with van der Waals surface area (Å²) < 4.78 is 0. The van der Waals surface area contributed by atoms with E-state index >= 15 is 0 Å². The van der Waals surface area contributed by atoms with Crippen LogP contribution in [0.2, 0.25) is 0 Å². The molecule has 0 aliphatic heterocycles. The second-order valence-corrected chi connectivity index (χ2v) is 5.05. The molecule has 1 saturated carbocycles. The normalized spacial score (nSPS) is 14.3. The molecule has 1 aliphatic rings. The average Bonchev–Trinajstić information content (AvgIpc) is 3.26. The fourth-order valence-corrected chi connectivity index (χ4v) is 1.99. The summed E-state index contributed by atoms with van der Waals surface area (Å²) >= 11 is 0. The molecule has 2 aromatic rings. The first-order valence-electron chi connectivity index (χ1n) is 6.86. The van der Waals surface area contributed by atoms with Gasteiger partial charge in [-0.2, -0.15) is 5.10 Å². The maximum Gasteiger partial charge on any atom is 0.297 e. The number of nitrogens with zero attached hydrogens (tertiary/aromatic N) is 1. The SMILES string of the molecule is O=C(/C=C/c1ccccc1)C(=O)Nc1cc(C2CC2)[nH]n1. The molecule has 106 valence electrons. The molecule has 0 unspecified atom stereocenters.